The van der Waals surface area contributed by atoms with Crippen molar-refractivity contribution in [3.63, 3.8) is 0 Å². The van der Waals surface area contributed by atoms with E-state index < -0.39 is 11.4 Å². The summed E-state index contributed by atoms with van der Waals surface area (Å²) in [5.74, 6) is -0.331. The molecule has 0 saturated carbocycles. The lowest BCUT2D eigenvalue weighted by molar-refractivity contribution is -0.131. The molecule has 0 bridgehead atoms. The van der Waals surface area contributed by atoms with Gasteiger partial charge in [0, 0.05) is 44.3 Å². The predicted molar refractivity (Wildman–Crippen MR) is 116 cm³/mol. The molecule has 10 heteroatoms. The van der Waals surface area contributed by atoms with Crippen LogP contribution in [-0.2, 0) is 22.5 Å². The first-order valence-electron chi connectivity index (χ1n) is 11.0. The number of carbonyl (C=O) groups is 2. The number of ether oxygens (including phenoxy) is 1. The molecule has 1 aromatic heterocycles. The lowest BCUT2D eigenvalue weighted by Crippen LogP contribution is -2.42. The summed E-state index contributed by atoms with van der Waals surface area (Å²) in [6.07, 6.45) is 2.37. The normalized spacial score (nSPS) is 19.9. The molecule has 1 unspecified atom stereocenters. The number of benzene rings is 1. The molecule has 4 rings (SSSR count). The van der Waals surface area contributed by atoms with Gasteiger partial charge in [0.05, 0.1) is 0 Å². The van der Waals surface area contributed by atoms with Gasteiger partial charge >= 0.3 is 11.4 Å². The van der Waals surface area contributed by atoms with Crippen molar-refractivity contribution >= 4 is 11.8 Å². The van der Waals surface area contributed by atoms with Crippen LogP contribution in [0, 0.1) is 11.3 Å². The number of aryl methyl sites for hydroxylation is 1. The third-order valence-electron chi connectivity index (χ3n) is 6.87. The zero-order valence-electron chi connectivity index (χ0n) is 18.2. The second-order valence-electron chi connectivity index (χ2n) is 8.61. The van der Waals surface area contributed by atoms with Gasteiger partial charge in [0.1, 0.15) is 6.54 Å². The van der Waals surface area contributed by atoms with Crippen LogP contribution in [0.15, 0.2) is 33.9 Å². The van der Waals surface area contributed by atoms with Crippen molar-refractivity contribution in [3.8, 4) is 0 Å². The molecule has 2 aliphatic rings. The average molecular weight is 444 g/mol. The monoisotopic (exact) mass is 443 g/mol. The molecule has 3 N–H and O–H groups in total. The topological polar surface area (TPSA) is 129 Å². The van der Waals surface area contributed by atoms with Crippen LogP contribution in [0.2, 0.25) is 0 Å². The summed E-state index contributed by atoms with van der Waals surface area (Å²) in [5.41, 5.74) is 0.244. The van der Waals surface area contributed by atoms with Crippen molar-refractivity contribution in [2.24, 2.45) is 11.3 Å². The van der Waals surface area contributed by atoms with E-state index >= 15 is 0 Å². The summed E-state index contributed by atoms with van der Waals surface area (Å²) in [6.45, 7) is 4.37. The highest BCUT2D eigenvalue weighted by atomic mass is 16.5. The molecule has 2 fully saturated rings. The van der Waals surface area contributed by atoms with Crippen LogP contribution in [-0.4, -0.2) is 64.3 Å². The fraction of sp³-hybridized carbons (Fsp3) is 0.545. The molecule has 1 aromatic carbocycles. The SMILES string of the molecule is CCc1ccccc1C(=O)NCC1CN(C(=O)Cn2c(=O)[nH][nH]c2=O)CC12CCOCC2. The number of rotatable bonds is 6. The highest BCUT2D eigenvalue weighted by Crippen LogP contribution is 2.44. The van der Waals surface area contributed by atoms with E-state index in [4.69, 9.17) is 4.74 Å². The summed E-state index contributed by atoms with van der Waals surface area (Å²) >= 11 is 0. The molecule has 2 amide bonds. The maximum Gasteiger partial charge on any atom is 0.344 e. The number of nitrogens with zero attached hydrogens (tertiary/aromatic N) is 2. The van der Waals surface area contributed by atoms with Crippen LogP contribution in [0.25, 0.3) is 0 Å². The maximum atomic E-state index is 12.9. The minimum atomic E-state index is -0.637. The number of hydrogen-bond donors (Lipinski definition) is 3. The summed E-state index contributed by atoms with van der Waals surface area (Å²) in [4.78, 5) is 51.0. The number of aromatic nitrogens is 3. The van der Waals surface area contributed by atoms with E-state index in [0.29, 0.717) is 38.4 Å². The Bertz CT molecular complexity index is 1070. The van der Waals surface area contributed by atoms with Crippen LogP contribution in [0.3, 0.4) is 0 Å². The number of H-pyrrole nitrogens is 2. The first kappa shape index (κ1) is 22.1. The molecule has 2 aliphatic heterocycles. The Morgan fingerprint density at radius 1 is 1.16 bits per heavy atom. The van der Waals surface area contributed by atoms with E-state index in [1.54, 1.807) is 4.90 Å². The predicted octanol–water partition coefficient (Wildman–Crippen LogP) is 0.112. The first-order valence-corrected chi connectivity index (χ1v) is 11.0. The molecule has 0 radical (unpaired) electrons. The Morgan fingerprint density at radius 3 is 2.53 bits per heavy atom. The average Bonchev–Trinajstić information content (AvgIpc) is 3.32. The highest BCUT2D eigenvalue weighted by Gasteiger charge is 2.48. The van der Waals surface area contributed by atoms with Crippen molar-refractivity contribution < 1.29 is 14.3 Å². The van der Waals surface area contributed by atoms with E-state index in [2.05, 4.69) is 15.5 Å². The van der Waals surface area contributed by atoms with Gasteiger partial charge in [-0.25, -0.2) is 24.4 Å². The van der Waals surface area contributed by atoms with Crippen molar-refractivity contribution in [2.75, 3.05) is 32.8 Å². The molecule has 1 atom stereocenters. The Labute approximate surface area is 184 Å². The number of aromatic amines is 2. The first-order chi connectivity index (χ1) is 15.4. The minimum absolute atomic E-state index is 0.0642. The molecule has 172 valence electrons. The molecule has 32 heavy (non-hydrogen) atoms. The van der Waals surface area contributed by atoms with Gasteiger partial charge in [0.25, 0.3) is 5.91 Å². The Balaban J connectivity index is 1.47. The van der Waals surface area contributed by atoms with Crippen LogP contribution in [0.4, 0.5) is 0 Å². The smallest absolute Gasteiger partial charge is 0.344 e. The lowest BCUT2D eigenvalue weighted by atomic mass is 9.72. The van der Waals surface area contributed by atoms with Crippen LogP contribution >= 0.6 is 0 Å². The maximum absolute atomic E-state index is 12.9. The van der Waals surface area contributed by atoms with Gasteiger partial charge in [-0.3, -0.25) is 9.59 Å². The van der Waals surface area contributed by atoms with Crippen molar-refractivity contribution in [1.82, 2.24) is 25.0 Å². The van der Waals surface area contributed by atoms with Crippen molar-refractivity contribution in [3.05, 3.63) is 56.4 Å². The van der Waals surface area contributed by atoms with E-state index in [0.717, 1.165) is 29.4 Å². The molecular formula is C22H29N5O5. The van der Waals surface area contributed by atoms with Gasteiger partial charge in [-0.1, -0.05) is 25.1 Å². The third kappa shape index (κ3) is 4.27. The lowest BCUT2D eigenvalue weighted by Gasteiger charge is -2.38. The summed E-state index contributed by atoms with van der Waals surface area (Å²) in [6, 6.07) is 7.56. The second kappa shape index (κ2) is 9.15. The van der Waals surface area contributed by atoms with Gasteiger partial charge in [0.15, 0.2) is 0 Å². The van der Waals surface area contributed by atoms with E-state index in [1.165, 1.54) is 0 Å². The molecule has 2 saturated heterocycles. The summed E-state index contributed by atoms with van der Waals surface area (Å²) in [5, 5.41) is 7.46. The zero-order valence-corrected chi connectivity index (χ0v) is 18.2. The van der Waals surface area contributed by atoms with Crippen LogP contribution in [0.1, 0.15) is 35.7 Å². The van der Waals surface area contributed by atoms with Gasteiger partial charge < -0.3 is 15.0 Å². The van der Waals surface area contributed by atoms with Crippen molar-refractivity contribution in [2.45, 2.75) is 32.7 Å². The van der Waals surface area contributed by atoms with Crippen LogP contribution < -0.4 is 16.7 Å². The van der Waals surface area contributed by atoms with Gasteiger partial charge in [0.2, 0.25) is 5.91 Å². The van der Waals surface area contributed by atoms with E-state index in [-0.39, 0.29) is 29.7 Å². The molecule has 3 heterocycles. The number of carbonyl (C=O) groups excluding carboxylic acids is 2. The third-order valence-corrected chi connectivity index (χ3v) is 6.87. The van der Waals surface area contributed by atoms with Crippen molar-refractivity contribution in [1.29, 1.82) is 0 Å². The van der Waals surface area contributed by atoms with Gasteiger partial charge in [-0.15, -0.1) is 0 Å². The second-order valence-corrected chi connectivity index (χ2v) is 8.61. The molecule has 1 spiro atoms. The van der Waals surface area contributed by atoms with Gasteiger partial charge in [-0.05, 0) is 36.3 Å². The molecular weight excluding hydrogens is 414 g/mol. The number of hydrogen-bond acceptors (Lipinski definition) is 5. The fourth-order valence-electron chi connectivity index (χ4n) is 4.92. The number of nitrogens with one attached hydrogen (secondary N) is 3. The minimum Gasteiger partial charge on any atom is -0.381 e. The zero-order chi connectivity index (χ0) is 22.7. The largest absolute Gasteiger partial charge is 0.381 e. The summed E-state index contributed by atoms with van der Waals surface area (Å²) in [7, 11) is 0. The fourth-order valence-corrected chi connectivity index (χ4v) is 4.92. The Hall–Kier alpha value is -3.14. The van der Waals surface area contributed by atoms with Crippen LogP contribution in [0.5, 0.6) is 0 Å². The number of likely N-dealkylation sites (tertiary alicyclic amines) is 1. The quantitative estimate of drug-likeness (QED) is 0.584. The van der Waals surface area contributed by atoms with E-state index in [9.17, 15) is 19.2 Å². The highest BCUT2D eigenvalue weighted by molar-refractivity contribution is 5.95. The Kier molecular flexibility index (Phi) is 6.31. The van der Waals surface area contributed by atoms with E-state index in [1.807, 2.05) is 31.2 Å². The Morgan fingerprint density at radius 2 is 1.84 bits per heavy atom. The summed E-state index contributed by atoms with van der Waals surface area (Å²) < 4.78 is 6.41. The molecule has 2 aromatic rings. The standard InChI is InChI=1S/C22H29N5O5/c1-2-15-5-3-4-6-17(15)19(29)23-11-16-12-26(14-22(16)7-9-32-10-8-22)18(28)13-27-20(30)24-25-21(27)31/h3-6,16H,2,7-14H2,1H3,(H,23,29)(H,24,30)(H,25,31). The van der Waals surface area contributed by atoms with Gasteiger partial charge in [-0.2, -0.15) is 0 Å². The number of amides is 2. The molecule has 10 nitrogen and oxygen atoms in total. The molecule has 0 aliphatic carbocycles.